The Kier molecular flexibility index (Phi) is 7.22. The molecule has 0 saturated heterocycles. The highest BCUT2D eigenvalue weighted by atomic mass is 16.6. The summed E-state index contributed by atoms with van der Waals surface area (Å²) in [5, 5.41) is 9.56. The summed E-state index contributed by atoms with van der Waals surface area (Å²) in [4.78, 5) is 27.9. The first-order chi connectivity index (χ1) is 14.1. The van der Waals surface area contributed by atoms with E-state index < -0.39 is 6.03 Å². The number of urea groups is 1. The van der Waals surface area contributed by atoms with Crippen molar-refractivity contribution in [2.75, 3.05) is 13.1 Å². The van der Waals surface area contributed by atoms with Gasteiger partial charge in [-0.2, -0.15) is 0 Å². The topological polar surface area (TPSA) is 106 Å². The number of hydrogen-bond donors (Lipinski definition) is 3. The van der Waals surface area contributed by atoms with E-state index in [1.807, 2.05) is 30.3 Å². The van der Waals surface area contributed by atoms with Crippen LogP contribution in [0.2, 0.25) is 0 Å². The molecule has 0 saturated carbocycles. The minimum Gasteiger partial charge on any atom is -0.390 e. The number of carbonyl (C=O) groups is 2. The molecule has 4 N–H and O–H groups in total. The van der Waals surface area contributed by atoms with Gasteiger partial charge in [0.25, 0.3) is 0 Å². The van der Waals surface area contributed by atoms with E-state index in [9.17, 15) is 9.59 Å². The van der Waals surface area contributed by atoms with Gasteiger partial charge in [-0.3, -0.25) is 4.79 Å². The van der Waals surface area contributed by atoms with Gasteiger partial charge in [0.2, 0.25) is 5.91 Å². The number of nitrogens with zero attached hydrogens (tertiary/aromatic N) is 1. The number of benzene rings is 2. The van der Waals surface area contributed by atoms with E-state index in [-0.39, 0.29) is 12.0 Å². The van der Waals surface area contributed by atoms with Crippen LogP contribution in [0.15, 0.2) is 59.8 Å². The molecule has 0 fully saturated rings. The zero-order valence-electron chi connectivity index (χ0n) is 16.3. The maximum atomic E-state index is 11.9. The molecule has 0 aliphatic carbocycles. The SMILES string of the molecule is NC(=O)NCCCCC(=O)NC[C@@H]1CC(c2ccc(-c3ccccc3)cc2)=NO1. The molecular formula is C22H26N4O3. The second kappa shape index (κ2) is 10.3. The van der Waals surface area contributed by atoms with Crippen molar-refractivity contribution in [3.63, 3.8) is 0 Å². The molecule has 29 heavy (non-hydrogen) atoms. The Bertz CT molecular complexity index is 850. The summed E-state index contributed by atoms with van der Waals surface area (Å²) >= 11 is 0. The van der Waals surface area contributed by atoms with Crippen LogP contribution in [0.1, 0.15) is 31.2 Å². The van der Waals surface area contributed by atoms with Crippen LogP contribution in [-0.2, 0) is 9.63 Å². The van der Waals surface area contributed by atoms with Crippen LogP contribution >= 0.6 is 0 Å². The van der Waals surface area contributed by atoms with Crippen molar-refractivity contribution in [3.05, 3.63) is 60.2 Å². The number of nitrogens with two attached hydrogens (primary N) is 1. The van der Waals surface area contributed by atoms with Gasteiger partial charge in [0.1, 0.15) is 6.10 Å². The van der Waals surface area contributed by atoms with E-state index in [0.29, 0.717) is 38.8 Å². The molecule has 1 aliphatic rings. The van der Waals surface area contributed by atoms with Crippen molar-refractivity contribution in [1.29, 1.82) is 0 Å². The van der Waals surface area contributed by atoms with Crippen molar-refractivity contribution in [2.45, 2.75) is 31.8 Å². The normalized spacial score (nSPS) is 15.3. The summed E-state index contributed by atoms with van der Waals surface area (Å²) in [6.07, 6.45) is 2.31. The summed E-state index contributed by atoms with van der Waals surface area (Å²) < 4.78 is 0. The standard InChI is InChI=1S/C22H26N4O3/c23-22(28)24-13-5-4-8-21(27)25-15-19-14-20(26-29-19)18-11-9-17(10-12-18)16-6-2-1-3-7-16/h1-3,6-7,9-12,19H,4-5,8,13-15H2,(H,25,27)(H3,23,24,28)/t19-/m0/s1. The van der Waals surface area contributed by atoms with Gasteiger partial charge < -0.3 is 21.2 Å². The fourth-order valence-corrected chi connectivity index (χ4v) is 3.13. The lowest BCUT2D eigenvalue weighted by atomic mass is 10.00. The first-order valence-corrected chi connectivity index (χ1v) is 9.80. The van der Waals surface area contributed by atoms with E-state index in [4.69, 9.17) is 10.6 Å². The molecule has 152 valence electrons. The van der Waals surface area contributed by atoms with Crippen molar-refractivity contribution in [1.82, 2.24) is 10.6 Å². The Labute approximate surface area is 170 Å². The van der Waals surface area contributed by atoms with E-state index in [0.717, 1.165) is 16.8 Å². The largest absolute Gasteiger partial charge is 0.390 e. The lowest BCUT2D eigenvalue weighted by molar-refractivity contribution is -0.121. The van der Waals surface area contributed by atoms with E-state index in [1.165, 1.54) is 5.56 Å². The smallest absolute Gasteiger partial charge is 0.312 e. The molecule has 1 aliphatic heterocycles. The molecule has 2 aromatic carbocycles. The van der Waals surface area contributed by atoms with Gasteiger partial charge in [0.05, 0.1) is 12.3 Å². The van der Waals surface area contributed by atoms with Crippen LogP contribution in [-0.4, -0.2) is 36.8 Å². The number of carbonyl (C=O) groups excluding carboxylic acids is 2. The fraction of sp³-hybridized carbons (Fsp3) is 0.318. The Morgan fingerprint density at radius 1 is 0.966 bits per heavy atom. The predicted molar refractivity (Wildman–Crippen MR) is 112 cm³/mol. The second-order valence-corrected chi connectivity index (χ2v) is 6.97. The Hall–Kier alpha value is -3.35. The molecule has 0 unspecified atom stereocenters. The van der Waals surface area contributed by atoms with Crippen molar-refractivity contribution >= 4 is 17.6 Å². The van der Waals surface area contributed by atoms with Crippen LogP contribution in [0.4, 0.5) is 4.79 Å². The number of unbranched alkanes of at least 4 members (excludes halogenated alkanes) is 1. The maximum Gasteiger partial charge on any atom is 0.312 e. The number of rotatable bonds is 9. The van der Waals surface area contributed by atoms with Crippen LogP contribution in [0.5, 0.6) is 0 Å². The monoisotopic (exact) mass is 394 g/mol. The fourth-order valence-electron chi connectivity index (χ4n) is 3.13. The van der Waals surface area contributed by atoms with Gasteiger partial charge in [-0.25, -0.2) is 4.79 Å². The average molecular weight is 394 g/mol. The zero-order valence-corrected chi connectivity index (χ0v) is 16.3. The summed E-state index contributed by atoms with van der Waals surface area (Å²) in [5.41, 5.74) is 9.24. The lowest BCUT2D eigenvalue weighted by Gasteiger charge is -2.10. The molecule has 0 radical (unpaired) electrons. The highest BCUT2D eigenvalue weighted by Gasteiger charge is 2.22. The first kappa shape index (κ1) is 20.4. The molecule has 1 heterocycles. The van der Waals surface area contributed by atoms with Gasteiger partial charge >= 0.3 is 6.03 Å². The Morgan fingerprint density at radius 2 is 1.66 bits per heavy atom. The van der Waals surface area contributed by atoms with Crippen molar-refractivity contribution < 1.29 is 14.4 Å². The van der Waals surface area contributed by atoms with Crippen molar-refractivity contribution in [2.24, 2.45) is 10.9 Å². The quantitative estimate of drug-likeness (QED) is 0.569. The molecule has 1 atom stereocenters. The van der Waals surface area contributed by atoms with Gasteiger partial charge in [-0.05, 0) is 29.5 Å². The predicted octanol–water partition coefficient (Wildman–Crippen LogP) is 2.80. The zero-order chi connectivity index (χ0) is 20.5. The van der Waals surface area contributed by atoms with E-state index in [1.54, 1.807) is 0 Å². The molecule has 0 spiro atoms. The van der Waals surface area contributed by atoms with Gasteiger partial charge in [0, 0.05) is 19.4 Å². The minimum atomic E-state index is -0.543. The molecule has 7 heteroatoms. The first-order valence-electron chi connectivity index (χ1n) is 9.80. The summed E-state index contributed by atoms with van der Waals surface area (Å²) in [6.45, 7) is 0.905. The Balaban J connectivity index is 1.39. The Morgan fingerprint density at radius 3 is 2.38 bits per heavy atom. The number of oxime groups is 1. The minimum absolute atomic E-state index is 0.0339. The summed E-state index contributed by atoms with van der Waals surface area (Å²) in [6, 6.07) is 17.9. The molecule has 3 amide bonds. The highest BCUT2D eigenvalue weighted by Crippen LogP contribution is 2.22. The van der Waals surface area contributed by atoms with E-state index in [2.05, 4.69) is 40.1 Å². The summed E-state index contributed by atoms with van der Waals surface area (Å²) in [5.74, 6) is -0.0339. The summed E-state index contributed by atoms with van der Waals surface area (Å²) in [7, 11) is 0. The molecule has 0 bridgehead atoms. The molecule has 2 aromatic rings. The third-order valence-electron chi connectivity index (χ3n) is 4.71. The lowest BCUT2D eigenvalue weighted by Crippen LogP contribution is -2.32. The third kappa shape index (κ3) is 6.34. The maximum absolute atomic E-state index is 11.9. The number of primary amides is 1. The van der Waals surface area contributed by atoms with Crippen LogP contribution < -0.4 is 16.4 Å². The van der Waals surface area contributed by atoms with Crippen LogP contribution in [0.3, 0.4) is 0 Å². The molecule has 0 aromatic heterocycles. The van der Waals surface area contributed by atoms with Gasteiger partial charge in [-0.1, -0.05) is 59.8 Å². The molecule has 3 rings (SSSR count). The molecular weight excluding hydrogens is 368 g/mol. The van der Waals surface area contributed by atoms with Crippen LogP contribution in [0.25, 0.3) is 11.1 Å². The van der Waals surface area contributed by atoms with Crippen molar-refractivity contribution in [3.8, 4) is 11.1 Å². The van der Waals surface area contributed by atoms with Gasteiger partial charge in [0.15, 0.2) is 0 Å². The number of hydrogen-bond acceptors (Lipinski definition) is 4. The third-order valence-corrected chi connectivity index (χ3v) is 4.71. The van der Waals surface area contributed by atoms with E-state index >= 15 is 0 Å². The molecule has 7 nitrogen and oxygen atoms in total. The average Bonchev–Trinajstić information content (AvgIpc) is 3.22. The number of amides is 3. The van der Waals surface area contributed by atoms with Crippen LogP contribution in [0, 0.1) is 0 Å². The second-order valence-electron chi connectivity index (χ2n) is 6.97. The van der Waals surface area contributed by atoms with Gasteiger partial charge in [-0.15, -0.1) is 0 Å². The highest BCUT2D eigenvalue weighted by molar-refractivity contribution is 6.01. The number of nitrogens with one attached hydrogen (secondary N) is 2.